The van der Waals surface area contributed by atoms with E-state index < -0.39 is 0 Å². The zero-order valence-electron chi connectivity index (χ0n) is 12.4. The van der Waals surface area contributed by atoms with Crippen LogP contribution in [-0.2, 0) is 19.9 Å². The van der Waals surface area contributed by atoms with E-state index in [4.69, 9.17) is 11.6 Å². The first-order valence-electron chi connectivity index (χ1n) is 7.38. The van der Waals surface area contributed by atoms with Crippen molar-refractivity contribution in [3.05, 3.63) is 62.5 Å². The van der Waals surface area contributed by atoms with Gasteiger partial charge in [-0.25, -0.2) is 4.68 Å². The third-order valence-corrected chi connectivity index (χ3v) is 4.45. The van der Waals surface area contributed by atoms with E-state index in [-0.39, 0.29) is 17.3 Å². The Balaban J connectivity index is 1.72. The van der Waals surface area contributed by atoms with Crippen LogP contribution in [0.1, 0.15) is 34.5 Å². The molecule has 3 rings (SSSR count). The van der Waals surface area contributed by atoms with Crippen LogP contribution < -0.4 is 5.56 Å². The van der Waals surface area contributed by atoms with Crippen LogP contribution in [0.5, 0.6) is 0 Å². The molecule has 0 aliphatic heterocycles. The quantitative estimate of drug-likeness (QED) is 0.818. The lowest BCUT2D eigenvalue weighted by Gasteiger charge is -2.23. The zero-order chi connectivity index (χ0) is 15.7. The van der Waals surface area contributed by atoms with Gasteiger partial charge in [0.25, 0.3) is 5.56 Å². The van der Waals surface area contributed by atoms with Crippen molar-refractivity contribution in [3.8, 4) is 0 Å². The normalized spacial score (nSPS) is 17.1. The molecule has 5 heteroatoms. The Morgan fingerprint density at radius 3 is 2.82 bits per heavy atom. The molecule has 0 saturated heterocycles. The molecule has 1 aromatic carbocycles. The summed E-state index contributed by atoms with van der Waals surface area (Å²) < 4.78 is 1.37. The van der Waals surface area contributed by atoms with Gasteiger partial charge in [0, 0.05) is 30.1 Å². The lowest BCUT2D eigenvalue weighted by molar-refractivity contribution is 0.0957. The Kier molecular flexibility index (Phi) is 4.12. The maximum Gasteiger partial charge on any atom is 0.266 e. The summed E-state index contributed by atoms with van der Waals surface area (Å²) in [7, 11) is 1.67. The number of Topliss-reactive ketones (excluding diaryl/α,β-unsaturated/α-hetero) is 1. The van der Waals surface area contributed by atoms with Gasteiger partial charge in [0.05, 0.1) is 5.69 Å². The summed E-state index contributed by atoms with van der Waals surface area (Å²) in [5.41, 5.74) is 2.57. The standard InChI is InChI=1S/C17H17ClN2O2/c1-20-17(22)10-13-8-11(2-7-15(13)19-20)9-16(21)12-3-5-14(18)6-4-12/h3-6,10-11H,2,7-9H2,1H3. The lowest BCUT2D eigenvalue weighted by Crippen LogP contribution is -2.26. The number of hydrogen-bond acceptors (Lipinski definition) is 3. The van der Waals surface area contributed by atoms with E-state index in [0.717, 1.165) is 30.5 Å². The van der Waals surface area contributed by atoms with Crippen molar-refractivity contribution in [2.24, 2.45) is 13.0 Å². The summed E-state index contributed by atoms with van der Waals surface area (Å²) in [5.74, 6) is 0.395. The number of hydrogen-bond donors (Lipinski definition) is 0. The van der Waals surface area contributed by atoms with Gasteiger partial charge in [0.2, 0.25) is 0 Å². The van der Waals surface area contributed by atoms with Gasteiger partial charge in [-0.2, -0.15) is 5.10 Å². The molecule has 0 bridgehead atoms. The zero-order valence-corrected chi connectivity index (χ0v) is 13.1. The van der Waals surface area contributed by atoms with Crippen molar-refractivity contribution in [3.63, 3.8) is 0 Å². The largest absolute Gasteiger partial charge is 0.294 e. The topological polar surface area (TPSA) is 52.0 Å². The summed E-state index contributed by atoms with van der Waals surface area (Å²) in [6, 6.07) is 8.65. The molecule has 1 unspecified atom stereocenters. The number of halogens is 1. The number of rotatable bonds is 3. The van der Waals surface area contributed by atoms with Crippen LogP contribution in [0.3, 0.4) is 0 Å². The van der Waals surface area contributed by atoms with Crippen molar-refractivity contribution in [2.45, 2.75) is 25.7 Å². The Morgan fingerprint density at radius 2 is 2.09 bits per heavy atom. The number of aryl methyl sites for hydroxylation is 2. The SMILES string of the molecule is Cn1nc2c(cc1=O)CC(CC(=O)c1ccc(Cl)cc1)CC2. The predicted octanol–water partition coefficient (Wildman–Crippen LogP) is 2.81. The Bertz CT molecular complexity index is 765. The Hall–Kier alpha value is -1.94. The molecule has 0 spiro atoms. The molecule has 1 heterocycles. The number of carbonyl (C=O) groups excluding carboxylic acids is 1. The number of fused-ring (bicyclic) bond motifs is 1. The molecule has 1 aliphatic carbocycles. The minimum Gasteiger partial charge on any atom is -0.294 e. The van der Waals surface area contributed by atoms with E-state index in [1.54, 1.807) is 37.4 Å². The van der Waals surface area contributed by atoms with Gasteiger partial charge in [-0.3, -0.25) is 9.59 Å². The highest BCUT2D eigenvalue weighted by Crippen LogP contribution is 2.26. The molecule has 0 fully saturated rings. The molecule has 22 heavy (non-hydrogen) atoms. The first-order chi connectivity index (χ1) is 10.5. The molecule has 114 valence electrons. The van der Waals surface area contributed by atoms with Crippen LogP contribution in [0.25, 0.3) is 0 Å². The van der Waals surface area contributed by atoms with Crippen molar-refractivity contribution >= 4 is 17.4 Å². The van der Waals surface area contributed by atoms with E-state index in [1.165, 1.54) is 4.68 Å². The van der Waals surface area contributed by atoms with E-state index in [1.807, 2.05) is 0 Å². The number of ketones is 1. The van der Waals surface area contributed by atoms with Gasteiger partial charge in [-0.15, -0.1) is 0 Å². The fraction of sp³-hybridized carbons (Fsp3) is 0.353. The Morgan fingerprint density at radius 1 is 1.36 bits per heavy atom. The molecule has 1 atom stereocenters. The number of carbonyl (C=O) groups is 1. The second-order valence-corrected chi connectivity index (χ2v) is 6.26. The van der Waals surface area contributed by atoms with Gasteiger partial charge in [-0.1, -0.05) is 11.6 Å². The average molecular weight is 317 g/mol. The first kappa shape index (κ1) is 15.0. The third-order valence-electron chi connectivity index (χ3n) is 4.20. The molecular formula is C17H17ClN2O2. The van der Waals surface area contributed by atoms with Crippen LogP contribution >= 0.6 is 11.6 Å². The van der Waals surface area contributed by atoms with Crippen molar-refractivity contribution in [1.82, 2.24) is 9.78 Å². The van der Waals surface area contributed by atoms with Gasteiger partial charge in [0.15, 0.2) is 5.78 Å². The maximum atomic E-state index is 12.3. The van der Waals surface area contributed by atoms with Crippen LogP contribution in [-0.4, -0.2) is 15.6 Å². The van der Waals surface area contributed by atoms with Gasteiger partial charge in [0.1, 0.15) is 0 Å². The number of nitrogens with zero attached hydrogens (tertiary/aromatic N) is 2. The highest BCUT2D eigenvalue weighted by atomic mass is 35.5. The molecule has 4 nitrogen and oxygen atoms in total. The predicted molar refractivity (Wildman–Crippen MR) is 85.4 cm³/mol. The van der Waals surface area contributed by atoms with Crippen LogP contribution in [0, 0.1) is 5.92 Å². The second-order valence-electron chi connectivity index (χ2n) is 5.82. The monoisotopic (exact) mass is 316 g/mol. The molecular weight excluding hydrogens is 300 g/mol. The number of aromatic nitrogens is 2. The third kappa shape index (κ3) is 3.12. The van der Waals surface area contributed by atoms with Crippen LogP contribution in [0.15, 0.2) is 35.1 Å². The highest BCUT2D eigenvalue weighted by molar-refractivity contribution is 6.30. The maximum absolute atomic E-state index is 12.3. The first-order valence-corrected chi connectivity index (χ1v) is 7.75. The highest BCUT2D eigenvalue weighted by Gasteiger charge is 2.23. The van der Waals surface area contributed by atoms with Crippen LogP contribution in [0.4, 0.5) is 0 Å². The van der Waals surface area contributed by atoms with Crippen molar-refractivity contribution < 1.29 is 4.79 Å². The molecule has 0 saturated carbocycles. The summed E-state index contributed by atoms with van der Waals surface area (Å²) in [6.07, 6.45) is 2.99. The van der Waals surface area contributed by atoms with Crippen LogP contribution in [0.2, 0.25) is 5.02 Å². The minimum atomic E-state index is -0.0940. The van der Waals surface area contributed by atoms with E-state index in [9.17, 15) is 9.59 Å². The van der Waals surface area contributed by atoms with E-state index in [0.29, 0.717) is 17.0 Å². The van der Waals surface area contributed by atoms with Gasteiger partial charge >= 0.3 is 0 Å². The minimum absolute atomic E-state index is 0.0940. The molecule has 0 radical (unpaired) electrons. The summed E-state index contributed by atoms with van der Waals surface area (Å²) in [4.78, 5) is 24.0. The van der Waals surface area contributed by atoms with Crippen molar-refractivity contribution in [2.75, 3.05) is 0 Å². The summed E-state index contributed by atoms with van der Waals surface area (Å²) in [5, 5.41) is 4.93. The number of benzene rings is 1. The molecule has 2 aromatic rings. The fourth-order valence-electron chi connectivity index (χ4n) is 2.95. The second kappa shape index (κ2) is 6.05. The van der Waals surface area contributed by atoms with Gasteiger partial charge < -0.3 is 0 Å². The lowest BCUT2D eigenvalue weighted by atomic mass is 9.83. The van der Waals surface area contributed by atoms with Crippen molar-refractivity contribution in [1.29, 1.82) is 0 Å². The molecule has 1 aromatic heterocycles. The molecule has 1 aliphatic rings. The van der Waals surface area contributed by atoms with Gasteiger partial charge in [-0.05, 0) is 55.0 Å². The van der Waals surface area contributed by atoms with E-state index in [2.05, 4.69) is 5.10 Å². The summed E-state index contributed by atoms with van der Waals surface area (Å²) >= 11 is 5.84. The van der Waals surface area contributed by atoms with E-state index >= 15 is 0 Å². The molecule has 0 N–H and O–H groups in total. The fourth-order valence-corrected chi connectivity index (χ4v) is 3.08. The smallest absolute Gasteiger partial charge is 0.266 e. The summed E-state index contributed by atoms with van der Waals surface area (Å²) in [6.45, 7) is 0. The molecule has 0 amide bonds. The Labute approximate surface area is 133 Å². The average Bonchev–Trinajstić information content (AvgIpc) is 2.49.